The molecule has 9 heteroatoms. The quantitative estimate of drug-likeness (QED) is 0.390. The predicted octanol–water partition coefficient (Wildman–Crippen LogP) is 5.51. The molecule has 32 heavy (non-hydrogen) atoms. The minimum atomic E-state index is -0.299. The topological polar surface area (TPSA) is 84.8 Å². The van der Waals surface area contributed by atoms with Gasteiger partial charge in [-0.15, -0.1) is 0 Å². The van der Waals surface area contributed by atoms with Gasteiger partial charge in [0.2, 0.25) is 0 Å². The van der Waals surface area contributed by atoms with Gasteiger partial charge in [0.05, 0.1) is 46.5 Å². The smallest absolute Gasteiger partial charge is 0.273 e. The molecule has 0 bridgehead atoms. The van der Waals surface area contributed by atoms with E-state index in [0.29, 0.717) is 39.4 Å². The molecule has 164 valence electrons. The minimum Gasteiger partial charge on any atom is -0.497 e. The van der Waals surface area contributed by atoms with E-state index in [4.69, 9.17) is 27.9 Å². The SMILES string of the molecule is COc1cccc(-c2cc(C(=O)Nc3c(C)nn(Cc4ccc(Cl)c(Cl)c4)c3C)[nH]n2)c1. The summed E-state index contributed by atoms with van der Waals surface area (Å²) in [6, 6.07) is 14.7. The fraction of sp³-hybridized carbons (Fsp3) is 0.174. The Morgan fingerprint density at radius 3 is 2.69 bits per heavy atom. The highest BCUT2D eigenvalue weighted by Crippen LogP contribution is 2.26. The third-order valence-electron chi connectivity index (χ3n) is 5.12. The number of ether oxygens (including phenoxy) is 1. The van der Waals surface area contributed by atoms with Crippen LogP contribution in [-0.4, -0.2) is 33.0 Å². The van der Waals surface area contributed by atoms with E-state index < -0.39 is 0 Å². The van der Waals surface area contributed by atoms with E-state index in [0.717, 1.165) is 22.6 Å². The first-order chi connectivity index (χ1) is 15.4. The largest absolute Gasteiger partial charge is 0.497 e. The second kappa shape index (κ2) is 9.06. The number of carbonyl (C=O) groups is 1. The van der Waals surface area contributed by atoms with Gasteiger partial charge in [-0.1, -0.05) is 41.4 Å². The molecule has 0 fully saturated rings. The first-order valence-corrected chi connectivity index (χ1v) is 10.6. The summed E-state index contributed by atoms with van der Waals surface area (Å²) in [4.78, 5) is 12.9. The highest BCUT2D eigenvalue weighted by molar-refractivity contribution is 6.42. The molecule has 0 radical (unpaired) electrons. The third kappa shape index (κ3) is 4.49. The number of carbonyl (C=O) groups excluding carboxylic acids is 1. The van der Waals surface area contributed by atoms with Crippen LogP contribution in [0, 0.1) is 13.8 Å². The number of aromatic nitrogens is 4. The van der Waals surface area contributed by atoms with E-state index in [1.807, 2.05) is 54.9 Å². The Balaban J connectivity index is 1.52. The van der Waals surface area contributed by atoms with Crippen LogP contribution in [0.2, 0.25) is 10.0 Å². The van der Waals surface area contributed by atoms with Crippen molar-refractivity contribution in [3.05, 3.63) is 81.2 Å². The number of hydrogen-bond acceptors (Lipinski definition) is 4. The lowest BCUT2D eigenvalue weighted by molar-refractivity contribution is 0.102. The van der Waals surface area contributed by atoms with Gasteiger partial charge in [0.1, 0.15) is 11.4 Å². The Morgan fingerprint density at radius 2 is 1.94 bits per heavy atom. The highest BCUT2D eigenvalue weighted by atomic mass is 35.5. The zero-order chi connectivity index (χ0) is 22.8. The summed E-state index contributed by atoms with van der Waals surface area (Å²) < 4.78 is 7.07. The van der Waals surface area contributed by atoms with Crippen LogP contribution < -0.4 is 10.1 Å². The second-order valence-corrected chi connectivity index (χ2v) is 8.12. The number of amides is 1. The van der Waals surface area contributed by atoms with Gasteiger partial charge in [0.25, 0.3) is 5.91 Å². The molecule has 2 aromatic heterocycles. The van der Waals surface area contributed by atoms with Crippen LogP contribution in [0.1, 0.15) is 27.4 Å². The summed E-state index contributed by atoms with van der Waals surface area (Å²) in [5.41, 5.74) is 5.00. The van der Waals surface area contributed by atoms with E-state index in [9.17, 15) is 4.79 Å². The zero-order valence-electron chi connectivity index (χ0n) is 17.7. The maximum atomic E-state index is 12.9. The average Bonchev–Trinajstić information content (AvgIpc) is 3.38. The predicted molar refractivity (Wildman–Crippen MR) is 126 cm³/mol. The van der Waals surface area contributed by atoms with Crippen molar-refractivity contribution >= 4 is 34.8 Å². The molecule has 0 aliphatic carbocycles. The monoisotopic (exact) mass is 469 g/mol. The minimum absolute atomic E-state index is 0.299. The lowest BCUT2D eigenvalue weighted by Gasteiger charge is -2.07. The van der Waals surface area contributed by atoms with Crippen molar-refractivity contribution < 1.29 is 9.53 Å². The molecule has 0 unspecified atom stereocenters. The zero-order valence-corrected chi connectivity index (χ0v) is 19.3. The molecule has 0 saturated heterocycles. The number of methoxy groups -OCH3 is 1. The van der Waals surface area contributed by atoms with Gasteiger partial charge in [-0.05, 0) is 49.7 Å². The molecular weight excluding hydrogens is 449 g/mol. The Morgan fingerprint density at radius 1 is 1.12 bits per heavy atom. The number of anilines is 1. The molecule has 0 aliphatic rings. The van der Waals surface area contributed by atoms with Crippen LogP contribution in [0.15, 0.2) is 48.5 Å². The lowest BCUT2D eigenvalue weighted by Crippen LogP contribution is -2.14. The van der Waals surface area contributed by atoms with E-state index in [2.05, 4.69) is 20.6 Å². The van der Waals surface area contributed by atoms with Crippen LogP contribution in [-0.2, 0) is 6.54 Å². The molecule has 2 aromatic carbocycles. The first-order valence-electron chi connectivity index (χ1n) is 9.85. The number of H-pyrrole nitrogens is 1. The fourth-order valence-corrected chi connectivity index (χ4v) is 3.71. The van der Waals surface area contributed by atoms with Crippen molar-refractivity contribution in [1.82, 2.24) is 20.0 Å². The van der Waals surface area contributed by atoms with Gasteiger partial charge < -0.3 is 10.1 Å². The number of nitrogens with zero attached hydrogens (tertiary/aromatic N) is 3. The summed E-state index contributed by atoms with van der Waals surface area (Å²) in [6.07, 6.45) is 0. The number of nitrogens with one attached hydrogen (secondary N) is 2. The molecule has 4 rings (SSSR count). The van der Waals surface area contributed by atoms with Crippen LogP contribution >= 0.6 is 23.2 Å². The van der Waals surface area contributed by atoms with Crippen molar-refractivity contribution in [2.45, 2.75) is 20.4 Å². The summed E-state index contributed by atoms with van der Waals surface area (Å²) >= 11 is 12.1. The van der Waals surface area contributed by atoms with E-state index in [-0.39, 0.29) is 5.91 Å². The maximum Gasteiger partial charge on any atom is 0.273 e. The molecule has 1 amide bonds. The molecule has 0 saturated carbocycles. The van der Waals surface area contributed by atoms with Crippen molar-refractivity contribution in [3.63, 3.8) is 0 Å². The van der Waals surface area contributed by atoms with Gasteiger partial charge in [0.15, 0.2) is 0 Å². The lowest BCUT2D eigenvalue weighted by atomic mass is 10.1. The van der Waals surface area contributed by atoms with Crippen LogP contribution in [0.5, 0.6) is 5.75 Å². The van der Waals surface area contributed by atoms with Crippen LogP contribution in [0.3, 0.4) is 0 Å². The number of hydrogen-bond donors (Lipinski definition) is 2. The van der Waals surface area contributed by atoms with Gasteiger partial charge in [0, 0.05) is 5.56 Å². The molecule has 0 spiro atoms. The third-order valence-corrected chi connectivity index (χ3v) is 5.86. The van der Waals surface area contributed by atoms with Crippen molar-refractivity contribution in [2.24, 2.45) is 0 Å². The van der Waals surface area contributed by atoms with Gasteiger partial charge in [-0.3, -0.25) is 14.6 Å². The van der Waals surface area contributed by atoms with Crippen LogP contribution in [0.4, 0.5) is 5.69 Å². The van der Waals surface area contributed by atoms with E-state index >= 15 is 0 Å². The molecule has 2 heterocycles. The van der Waals surface area contributed by atoms with Gasteiger partial charge in [-0.2, -0.15) is 10.2 Å². The number of benzene rings is 2. The number of rotatable bonds is 6. The van der Waals surface area contributed by atoms with Crippen molar-refractivity contribution in [1.29, 1.82) is 0 Å². The van der Waals surface area contributed by atoms with Crippen molar-refractivity contribution in [2.75, 3.05) is 12.4 Å². The first kappa shape index (κ1) is 21.9. The fourth-order valence-electron chi connectivity index (χ4n) is 3.39. The van der Waals surface area contributed by atoms with Gasteiger partial charge >= 0.3 is 0 Å². The number of halogens is 2. The van der Waals surface area contributed by atoms with Gasteiger partial charge in [-0.25, -0.2) is 0 Å². The standard InChI is InChI=1S/C23H21Cl2N5O2/c1-13-22(14(2)30(29-13)12-15-7-8-18(24)19(25)9-15)26-23(31)21-11-20(27-28-21)16-5-4-6-17(10-16)32-3/h4-11H,12H2,1-3H3,(H,26,31)(H,27,28). The molecular formula is C23H21Cl2N5O2. The molecule has 2 N–H and O–H groups in total. The van der Waals surface area contributed by atoms with Crippen molar-refractivity contribution in [3.8, 4) is 17.0 Å². The van der Waals surface area contributed by atoms with E-state index in [1.165, 1.54) is 0 Å². The maximum absolute atomic E-state index is 12.9. The molecule has 7 nitrogen and oxygen atoms in total. The average molecular weight is 470 g/mol. The second-order valence-electron chi connectivity index (χ2n) is 7.30. The highest BCUT2D eigenvalue weighted by Gasteiger charge is 2.18. The number of aromatic amines is 1. The Bertz CT molecular complexity index is 1300. The Labute approximate surface area is 195 Å². The Kier molecular flexibility index (Phi) is 6.21. The molecule has 0 atom stereocenters. The Hall–Kier alpha value is -3.29. The summed E-state index contributed by atoms with van der Waals surface area (Å²) in [5, 5.41) is 15.6. The number of aryl methyl sites for hydroxylation is 1. The molecule has 0 aliphatic heterocycles. The normalized spacial score (nSPS) is 10.9. The van der Waals surface area contributed by atoms with Crippen LogP contribution in [0.25, 0.3) is 11.3 Å². The summed E-state index contributed by atoms with van der Waals surface area (Å²) in [5.74, 6) is 0.420. The summed E-state index contributed by atoms with van der Waals surface area (Å²) in [7, 11) is 1.61. The summed E-state index contributed by atoms with van der Waals surface area (Å²) in [6.45, 7) is 4.26. The van der Waals surface area contributed by atoms with E-state index in [1.54, 1.807) is 19.2 Å². The molecule has 4 aromatic rings.